The van der Waals surface area contributed by atoms with Gasteiger partial charge in [0.1, 0.15) is 0 Å². The molecule has 7 heteroatoms. The zero-order valence-corrected chi connectivity index (χ0v) is 13.6. The minimum Gasteiger partial charge on any atom is -0.349 e. The molecule has 126 valence electrons. The van der Waals surface area contributed by atoms with Crippen LogP contribution in [0.1, 0.15) is 47.9 Å². The van der Waals surface area contributed by atoms with E-state index in [0.29, 0.717) is 6.04 Å². The minimum atomic E-state index is 0.0201. The van der Waals surface area contributed by atoms with Crippen molar-refractivity contribution in [1.82, 2.24) is 30.4 Å². The maximum atomic E-state index is 12.2. The van der Waals surface area contributed by atoms with E-state index in [1.54, 1.807) is 0 Å². The van der Waals surface area contributed by atoms with Crippen molar-refractivity contribution in [3.05, 3.63) is 41.7 Å². The molecule has 7 nitrogen and oxygen atoms in total. The molecule has 2 fully saturated rings. The first-order valence-corrected chi connectivity index (χ1v) is 8.64. The van der Waals surface area contributed by atoms with E-state index in [4.69, 9.17) is 0 Å². The number of amides is 1. The molecule has 0 unspecified atom stereocenters. The van der Waals surface area contributed by atoms with Crippen LogP contribution >= 0.6 is 0 Å². The summed E-state index contributed by atoms with van der Waals surface area (Å²) in [5.74, 6) is 0.982. The highest BCUT2D eigenvalue weighted by Crippen LogP contribution is 2.34. The van der Waals surface area contributed by atoms with Crippen molar-refractivity contribution in [2.45, 2.75) is 44.3 Å². The summed E-state index contributed by atoms with van der Waals surface area (Å²) in [6.07, 6.45) is 4.30. The fourth-order valence-corrected chi connectivity index (χ4v) is 3.21. The first-order valence-electron chi connectivity index (χ1n) is 8.64. The van der Waals surface area contributed by atoms with Gasteiger partial charge in [-0.2, -0.15) is 0 Å². The molecule has 24 heavy (non-hydrogen) atoms. The van der Waals surface area contributed by atoms with Gasteiger partial charge in [0.05, 0.1) is 12.6 Å². The molecule has 1 saturated carbocycles. The number of hydrogen-bond donors (Lipinski definition) is 1. The summed E-state index contributed by atoms with van der Waals surface area (Å²) < 4.78 is 1.98. The van der Waals surface area contributed by atoms with Crippen LogP contribution in [0.2, 0.25) is 0 Å². The molecule has 1 saturated heterocycles. The van der Waals surface area contributed by atoms with Gasteiger partial charge in [0, 0.05) is 24.7 Å². The van der Waals surface area contributed by atoms with Gasteiger partial charge >= 0.3 is 0 Å². The summed E-state index contributed by atoms with van der Waals surface area (Å²) in [5, 5.41) is 15.2. The summed E-state index contributed by atoms with van der Waals surface area (Å²) in [6, 6.07) is 10.2. The monoisotopic (exact) mass is 326 g/mol. The maximum absolute atomic E-state index is 12.2. The van der Waals surface area contributed by atoms with Gasteiger partial charge in [-0.05, 0) is 48.2 Å². The average molecular weight is 326 g/mol. The first-order chi connectivity index (χ1) is 11.8. The highest BCUT2D eigenvalue weighted by molar-refractivity contribution is 5.94. The third kappa shape index (κ3) is 3.46. The number of carbonyl (C=O) groups is 1. The molecule has 0 bridgehead atoms. The van der Waals surface area contributed by atoms with E-state index < -0.39 is 0 Å². The number of rotatable bonds is 5. The van der Waals surface area contributed by atoms with Crippen LogP contribution in [-0.2, 0) is 6.54 Å². The number of benzene rings is 1. The molecule has 0 spiro atoms. The molecular formula is C17H22N6O. The normalized spacial score (nSPS) is 19.3. The number of aromatic nitrogens is 4. The number of carbonyl (C=O) groups excluding carboxylic acids is 1. The second-order valence-corrected chi connectivity index (χ2v) is 6.66. The fourth-order valence-electron chi connectivity index (χ4n) is 3.21. The predicted octanol–water partition coefficient (Wildman–Crippen LogP) is 1.40. The van der Waals surface area contributed by atoms with Crippen molar-refractivity contribution >= 4 is 5.91 Å². The molecule has 1 aliphatic carbocycles. The van der Waals surface area contributed by atoms with Gasteiger partial charge in [-0.25, -0.2) is 4.68 Å². The van der Waals surface area contributed by atoms with Gasteiger partial charge < -0.3 is 5.32 Å². The second kappa shape index (κ2) is 6.68. The van der Waals surface area contributed by atoms with E-state index in [0.717, 1.165) is 43.9 Å². The van der Waals surface area contributed by atoms with Crippen LogP contribution in [0.5, 0.6) is 0 Å². The van der Waals surface area contributed by atoms with Crippen molar-refractivity contribution in [2.24, 2.45) is 0 Å². The average Bonchev–Trinajstić information content (AvgIpc) is 3.37. The van der Waals surface area contributed by atoms with Crippen LogP contribution < -0.4 is 5.32 Å². The van der Waals surface area contributed by atoms with Crippen molar-refractivity contribution in [3.8, 4) is 0 Å². The topological polar surface area (TPSA) is 75.9 Å². The first kappa shape index (κ1) is 15.3. The largest absolute Gasteiger partial charge is 0.349 e. The summed E-state index contributed by atoms with van der Waals surface area (Å²) in [4.78, 5) is 14.6. The number of piperidine rings is 1. The number of nitrogens with zero attached hydrogens (tertiary/aromatic N) is 5. The Kier molecular flexibility index (Phi) is 4.25. The Balaban J connectivity index is 1.27. The molecular weight excluding hydrogens is 304 g/mol. The Morgan fingerprint density at radius 3 is 2.58 bits per heavy atom. The summed E-state index contributed by atoms with van der Waals surface area (Å²) in [7, 11) is 0. The zero-order valence-electron chi connectivity index (χ0n) is 13.6. The van der Waals surface area contributed by atoms with E-state index in [1.807, 2.05) is 35.0 Å². The Hall–Kier alpha value is -2.28. The molecule has 1 aromatic carbocycles. The predicted molar refractivity (Wildman–Crippen MR) is 88.3 cm³/mol. The van der Waals surface area contributed by atoms with Crippen molar-refractivity contribution in [3.63, 3.8) is 0 Å². The Morgan fingerprint density at radius 1 is 1.12 bits per heavy atom. The van der Waals surface area contributed by atoms with Crippen LogP contribution in [-0.4, -0.2) is 50.1 Å². The molecule has 1 aliphatic heterocycles. The van der Waals surface area contributed by atoms with Crippen LogP contribution in [0.3, 0.4) is 0 Å². The quantitative estimate of drug-likeness (QED) is 0.899. The van der Waals surface area contributed by atoms with Crippen molar-refractivity contribution < 1.29 is 4.79 Å². The number of hydrogen-bond acceptors (Lipinski definition) is 5. The highest BCUT2D eigenvalue weighted by atomic mass is 16.1. The molecule has 1 N–H and O–H groups in total. The lowest BCUT2D eigenvalue weighted by atomic mass is 10.0. The smallest absolute Gasteiger partial charge is 0.251 e. The van der Waals surface area contributed by atoms with Crippen LogP contribution in [0.4, 0.5) is 0 Å². The van der Waals surface area contributed by atoms with E-state index >= 15 is 0 Å². The van der Waals surface area contributed by atoms with Crippen LogP contribution in [0.25, 0.3) is 0 Å². The lowest BCUT2D eigenvalue weighted by molar-refractivity contribution is 0.0907. The third-order valence-electron chi connectivity index (χ3n) is 4.78. The van der Waals surface area contributed by atoms with Crippen molar-refractivity contribution in [2.75, 3.05) is 13.1 Å². The highest BCUT2D eigenvalue weighted by Gasteiger charge is 2.29. The van der Waals surface area contributed by atoms with Crippen LogP contribution in [0.15, 0.2) is 30.3 Å². The maximum Gasteiger partial charge on any atom is 0.251 e. The molecule has 2 aromatic rings. The van der Waals surface area contributed by atoms with Gasteiger partial charge in [-0.15, -0.1) is 5.10 Å². The Labute approximate surface area is 141 Å². The lowest BCUT2D eigenvalue weighted by Gasteiger charge is -2.31. The number of likely N-dealkylation sites (tertiary alicyclic amines) is 1. The van der Waals surface area contributed by atoms with Gasteiger partial charge in [0.25, 0.3) is 5.91 Å². The standard InChI is InChI=1S/C17H22N6O/c24-17(13-4-2-1-3-5-13)18-14-8-10-22(11-9-14)12-16-19-20-21-23(16)15-6-7-15/h1-5,14-15H,6-12H2,(H,18,24). The molecule has 2 heterocycles. The summed E-state index contributed by atoms with van der Waals surface area (Å²) >= 11 is 0. The van der Waals surface area contributed by atoms with Gasteiger partial charge in [-0.3, -0.25) is 9.69 Å². The summed E-state index contributed by atoms with van der Waals surface area (Å²) in [6.45, 7) is 2.71. The lowest BCUT2D eigenvalue weighted by Crippen LogP contribution is -2.44. The third-order valence-corrected chi connectivity index (χ3v) is 4.78. The zero-order chi connectivity index (χ0) is 16.4. The Morgan fingerprint density at radius 2 is 1.88 bits per heavy atom. The molecule has 1 aromatic heterocycles. The summed E-state index contributed by atoms with van der Waals surface area (Å²) in [5.41, 5.74) is 0.725. The van der Waals surface area contributed by atoms with Gasteiger partial charge in [0.2, 0.25) is 0 Å². The van der Waals surface area contributed by atoms with Gasteiger partial charge in [-0.1, -0.05) is 18.2 Å². The molecule has 0 radical (unpaired) electrons. The van der Waals surface area contributed by atoms with E-state index in [2.05, 4.69) is 25.7 Å². The molecule has 0 atom stereocenters. The number of nitrogens with one attached hydrogen (secondary N) is 1. The minimum absolute atomic E-state index is 0.0201. The van der Waals surface area contributed by atoms with Gasteiger partial charge in [0.15, 0.2) is 5.82 Å². The molecule has 2 aliphatic rings. The molecule has 4 rings (SSSR count). The van der Waals surface area contributed by atoms with Crippen LogP contribution in [0, 0.1) is 0 Å². The molecule has 1 amide bonds. The SMILES string of the molecule is O=C(NC1CCN(Cc2nnnn2C2CC2)CC1)c1ccccc1. The number of tetrazole rings is 1. The second-order valence-electron chi connectivity index (χ2n) is 6.66. The Bertz CT molecular complexity index is 688. The van der Waals surface area contributed by atoms with E-state index in [-0.39, 0.29) is 11.9 Å². The van der Waals surface area contributed by atoms with Crippen molar-refractivity contribution in [1.29, 1.82) is 0 Å². The van der Waals surface area contributed by atoms with E-state index in [1.165, 1.54) is 12.8 Å². The fraction of sp³-hybridized carbons (Fsp3) is 0.529. The van der Waals surface area contributed by atoms with E-state index in [9.17, 15) is 4.79 Å².